The van der Waals surface area contributed by atoms with Crippen LogP contribution < -0.4 is 5.32 Å². The highest BCUT2D eigenvalue weighted by Gasteiger charge is 2.09. The van der Waals surface area contributed by atoms with E-state index in [9.17, 15) is 5.11 Å². The molecule has 116 valence electrons. The van der Waals surface area contributed by atoms with Gasteiger partial charge in [0.25, 0.3) is 0 Å². The van der Waals surface area contributed by atoms with E-state index >= 15 is 0 Å². The van der Waals surface area contributed by atoms with Crippen LogP contribution in [0.4, 0.5) is 5.69 Å². The van der Waals surface area contributed by atoms with E-state index in [2.05, 4.69) is 25.2 Å². The smallest absolute Gasteiger partial charge is 0.0945 e. The first-order valence-corrected chi connectivity index (χ1v) is 7.50. The van der Waals surface area contributed by atoms with Crippen LogP contribution in [0.25, 0.3) is 0 Å². The Balaban J connectivity index is 2.26. The molecule has 0 radical (unpaired) electrons. The monoisotopic (exact) mass is 290 g/mol. The van der Waals surface area contributed by atoms with Gasteiger partial charge in [-0.1, -0.05) is 26.0 Å². The number of ether oxygens (including phenoxy) is 1. The van der Waals surface area contributed by atoms with Crippen molar-refractivity contribution in [1.82, 2.24) is 0 Å². The van der Waals surface area contributed by atoms with Crippen LogP contribution >= 0.6 is 0 Å². The van der Waals surface area contributed by atoms with E-state index in [0.717, 1.165) is 17.7 Å². The highest BCUT2D eigenvalue weighted by molar-refractivity contribution is 5.45. The van der Waals surface area contributed by atoms with Crippen molar-refractivity contribution in [3.8, 4) is 6.07 Å². The minimum absolute atomic E-state index is 0.171. The van der Waals surface area contributed by atoms with Gasteiger partial charge in [0.05, 0.1) is 31.3 Å². The van der Waals surface area contributed by atoms with Gasteiger partial charge in [0.1, 0.15) is 0 Å². The maximum absolute atomic E-state index is 9.90. The molecule has 0 spiro atoms. The topological polar surface area (TPSA) is 65.3 Å². The summed E-state index contributed by atoms with van der Waals surface area (Å²) >= 11 is 0. The van der Waals surface area contributed by atoms with Crippen molar-refractivity contribution in [2.45, 2.75) is 45.8 Å². The lowest BCUT2D eigenvalue weighted by Gasteiger charge is -2.18. The number of benzene rings is 1. The van der Waals surface area contributed by atoms with Crippen molar-refractivity contribution in [3.05, 3.63) is 29.8 Å². The first kappa shape index (κ1) is 17.5. The molecule has 0 amide bonds. The number of hydrogen-bond donors (Lipinski definition) is 2. The van der Waals surface area contributed by atoms with Crippen molar-refractivity contribution in [3.63, 3.8) is 0 Å². The van der Waals surface area contributed by atoms with Gasteiger partial charge in [-0.3, -0.25) is 0 Å². The van der Waals surface area contributed by atoms with E-state index in [1.807, 2.05) is 31.2 Å². The van der Waals surface area contributed by atoms with Crippen LogP contribution in [0.2, 0.25) is 0 Å². The predicted octanol–water partition coefficient (Wildman–Crippen LogP) is 2.98. The third-order valence-electron chi connectivity index (χ3n) is 3.16. The molecular formula is C17H26N2O2. The summed E-state index contributed by atoms with van der Waals surface area (Å²) in [5, 5.41) is 21.7. The zero-order valence-electron chi connectivity index (χ0n) is 13.2. The number of nitriles is 1. The van der Waals surface area contributed by atoms with Gasteiger partial charge >= 0.3 is 0 Å². The zero-order chi connectivity index (χ0) is 15.7. The molecule has 4 nitrogen and oxygen atoms in total. The number of nitrogens with one attached hydrogen (secondary N) is 1. The molecule has 0 bridgehead atoms. The third-order valence-corrected chi connectivity index (χ3v) is 3.16. The Morgan fingerprint density at radius 3 is 2.48 bits per heavy atom. The Morgan fingerprint density at radius 1 is 1.24 bits per heavy atom. The largest absolute Gasteiger partial charge is 0.389 e. The van der Waals surface area contributed by atoms with Crippen molar-refractivity contribution < 1.29 is 9.84 Å². The van der Waals surface area contributed by atoms with Crippen molar-refractivity contribution in [2.75, 3.05) is 18.5 Å². The summed E-state index contributed by atoms with van der Waals surface area (Å²) in [6.45, 7) is 7.15. The van der Waals surface area contributed by atoms with E-state index in [1.54, 1.807) is 0 Å². The fourth-order valence-electron chi connectivity index (χ4n) is 2.13. The molecule has 0 heterocycles. The van der Waals surface area contributed by atoms with Gasteiger partial charge in [0.2, 0.25) is 0 Å². The Kier molecular flexibility index (Phi) is 7.81. The van der Waals surface area contributed by atoms with Crippen molar-refractivity contribution >= 4 is 5.69 Å². The summed E-state index contributed by atoms with van der Waals surface area (Å²) in [4.78, 5) is 0. The van der Waals surface area contributed by atoms with E-state index in [-0.39, 0.29) is 6.10 Å². The second-order valence-electron chi connectivity index (χ2n) is 5.84. The maximum atomic E-state index is 9.90. The third kappa shape index (κ3) is 7.69. The van der Waals surface area contributed by atoms with Gasteiger partial charge in [-0.25, -0.2) is 0 Å². The van der Waals surface area contributed by atoms with Gasteiger partial charge in [0.15, 0.2) is 0 Å². The quantitative estimate of drug-likeness (QED) is 0.734. The van der Waals surface area contributed by atoms with E-state index in [4.69, 9.17) is 10.00 Å². The Bertz CT molecular complexity index is 437. The number of rotatable bonds is 9. The zero-order valence-corrected chi connectivity index (χ0v) is 13.2. The van der Waals surface area contributed by atoms with Gasteiger partial charge in [-0.2, -0.15) is 5.26 Å². The number of anilines is 1. The van der Waals surface area contributed by atoms with Crippen LogP contribution in [-0.4, -0.2) is 30.5 Å². The second kappa shape index (κ2) is 9.38. The summed E-state index contributed by atoms with van der Waals surface area (Å²) in [5.74, 6) is 0.599. The van der Waals surface area contributed by atoms with Crippen molar-refractivity contribution in [2.24, 2.45) is 5.92 Å². The molecule has 1 aromatic carbocycles. The molecule has 0 aliphatic heterocycles. The molecule has 2 N–H and O–H groups in total. The number of aliphatic hydroxyl groups is 1. The lowest BCUT2D eigenvalue weighted by molar-refractivity contribution is -0.00443. The number of aliphatic hydroxyl groups excluding tert-OH is 1. The first-order valence-electron chi connectivity index (χ1n) is 7.50. The average molecular weight is 290 g/mol. The molecule has 0 saturated carbocycles. The van der Waals surface area contributed by atoms with Crippen LogP contribution in [0.15, 0.2) is 24.3 Å². The SMILES string of the molecule is CC(C)CC(C)OCC(O)CNc1ccc(CC#N)cc1. The molecule has 2 unspecified atom stereocenters. The fourth-order valence-corrected chi connectivity index (χ4v) is 2.13. The molecule has 0 aliphatic carbocycles. The number of nitrogens with zero attached hydrogens (tertiary/aromatic N) is 1. The molecule has 2 atom stereocenters. The van der Waals surface area contributed by atoms with Crippen LogP contribution in [0.1, 0.15) is 32.8 Å². The Hall–Kier alpha value is -1.57. The van der Waals surface area contributed by atoms with Gasteiger partial charge < -0.3 is 15.2 Å². The molecule has 0 saturated heterocycles. The van der Waals surface area contributed by atoms with Gasteiger partial charge in [-0.05, 0) is 37.0 Å². The summed E-state index contributed by atoms with van der Waals surface area (Å²) < 4.78 is 5.63. The van der Waals surface area contributed by atoms with E-state index in [1.165, 1.54) is 0 Å². The maximum Gasteiger partial charge on any atom is 0.0945 e. The highest BCUT2D eigenvalue weighted by atomic mass is 16.5. The molecule has 1 rings (SSSR count). The van der Waals surface area contributed by atoms with Gasteiger partial charge in [-0.15, -0.1) is 0 Å². The molecular weight excluding hydrogens is 264 g/mol. The van der Waals surface area contributed by atoms with E-state index < -0.39 is 6.10 Å². The standard InChI is InChI=1S/C17H26N2O2/c1-13(2)10-14(3)21-12-17(20)11-19-16-6-4-15(5-7-16)8-9-18/h4-7,13-14,17,19-20H,8,10-12H2,1-3H3. The van der Waals surface area contributed by atoms with Crippen LogP contribution in [0.3, 0.4) is 0 Å². The molecule has 1 aromatic rings. The van der Waals surface area contributed by atoms with Crippen LogP contribution in [-0.2, 0) is 11.2 Å². The van der Waals surface area contributed by atoms with E-state index in [0.29, 0.717) is 25.5 Å². The summed E-state index contributed by atoms with van der Waals surface area (Å²) in [5.41, 5.74) is 1.93. The predicted molar refractivity (Wildman–Crippen MR) is 85.1 cm³/mol. The highest BCUT2D eigenvalue weighted by Crippen LogP contribution is 2.11. The Morgan fingerprint density at radius 2 is 1.90 bits per heavy atom. The second-order valence-corrected chi connectivity index (χ2v) is 5.84. The minimum Gasteiger partial charge on any atom is -0.389 e. The first-order chi connectivity index (χ1) is 10.0. The molecule has 21 heavy (non-hydrogen) atoms. The summed E-state index contributed by atoms with van der Waals surface area (Å²) in [7, 11) is 0. The fraction of sp³-hybridized carbons (Fsp3) is 0.588. The number of hydrogen-bond acceptors (Lipinski definition) is 4. The summed E-state index contributed by atoms with van der Waals surface area (Å²) in [6, 6.07) is 9.79. The molecule has 4 heteroatoms. The summed E-state index contributed by atoms with van der Waals surface area (Å²) in [6.07, 6.45) is 1.06. The molecule has 0 aliphatic rings. The van der Waals surface area contributed by atoms with Crippen LogP contribution in [0, 0.1) is 17.2 Å². The normalized spacial score (nSPS) is 13.7. The van der Waals surface area contributed by atoms with Crippen LogP contribution in [0.5, 0.6) is 0 Å². The van der Waals surface area contributed by atoms with Gasteiger partial charge in [0, 0.05) is 12.2 Å². The molecule has 0 aromatic heterocycles. The lowest BCUT2D eigenvalue weighted by Crippen LogP contribution is -2.27. The average Bonchev–Trinajstić information content (AvgIpc) is 2.44. The Labute approximate surface area is 127 Å². The molecule has 0 fully saturated rings. The lowest BCUT2D eigenvalue weighted by atomic mass is 10.1. The van der Waals surface area contributed by atoms with Crippen molar-refractivity contribution in [1.29, 1.82) is 5.26 Å². The minimum atomic E-state index is -0.529.